The molecule has 2 rings (SSSR count). The number of urea groups is 1. The molecule has 8 nitrogen and oxygen atoms in total. The van der Waals surface area contributed by atoms with Crippen molar-refractivity contribution in [1.29, 1.82) is 0 Å². The molecule has 0 spiro atoms. The van der Waals surface area contributed by atoms with E-state index < -0.39 is 23.3 Å². The van der Waals surface area contributed by atoms with E-state index in [0.717, 1.165) is 0 Å². The summed E-state index contributed by atoms with van der Waals surface area (Å²) in [5, 5.41) is 4.91. The van der Waals surface area contributed by atoms with E-state index in [2.05, 4.69) is 15.6 Å². The second-order valence-corrected chi connectivity index (χ2v) is 5.06. The van der Waals surface area contributed by atoms with Crippen molar-refractivity contribution >= 4 is 23.7 Å². The van der Waals surface area contributed by atoms with Crippen molar-refractivity contribution in [2.45, 2.75) is 11.8 Å². The van der Waals surface area contributed by atoms with Gasteiger partial charge < -0.3 is 16.8 Å². The lowest BCUT2D eigenvalue weighted by molar-refractivity contribution is -0.122. The fourth-order valence-corrected chi connectivity index (χ4v) is 2.34. The van der Waals surface area contributed by atoms with Crippen LogP contribution < -0.4 is 22.1 Å². The van der Waals surface area contributed by atoms with Gasteiger partial charge in [-0.05, 0) is 18.1 Å². The molecule has 0 bridgehead atoms. The first-order valence-corrected chi connectivity index (χ1v) is 6.82. The molecule has 120 valence electrons. The number of pyridine rings is 1. The first kappa shape index (κ1) is 16.2. The summed E-state index contributed by atoms with van der Waals surface area (Å²) in [5.74, 6) is -0.904. The van der Waals surface area contributed by atoms with Crippen LogP contribution in [0, 0.1) is 0 Å². The Hall–Kier alpha value is -3.16. The number of allylic oxidation sites excluding steroid dienone is 2. The third-order valence-electron chi connectivity index (χ3n) is 3.65. The molecular weight excluding hydrogens is 298 g/mol. The van der Waals surface area contributed by atoms with E-state index >= 15 is 0 Å². The maximum absolute atomic E-state index is 12.0. The van der Waals surface area contributed by atoms with Crippen LogP contribution in [-0.2, 0) is 15.0 Å². The Bertz CT molecular complexity index is 708. The summed E-state index contributed by atoms with van der Waals surface area (Å²) in [6.45, 7) is 0. The van der Waals surface area contributed by atoms with Gasteiger partial charge in [0.1, 0.15) is 5.82 Å². The van der Waals surface area contributed by atoms with Crippen molar-refractivity contribution in [3.8, 4) is 0 Å². The maximum Gasteiger partial charge on any atom is 0.320 e. The van der Waals surface area contributed by atoms with Crippen LogP contribution in [0.3, 0.4) is 0 Å². The summed E-state index contributed by atoms with van der Waals surface area (Å²) in [6, 6.07) is 2.76. The molecule has 6 N–H and O–H groups in total. The van der Waals surface area contributed by atoms with Gasteiger partial charge in [-0.1, -0.05) is 24.3 Å². The summed E-state index contributed by atoms with van der Waals surface area (Å²) < 4.78 is 0. The lowest BCUT2D eigenvalue weighted by Crippen LogP contribution is -2.42. The summed E-state index contributed by atoms with van der Waals surface area (Å²) >= 11 is 0. The first-order chi connectivity index (χ1) is 10.9. The van der Waals surface area contributed by atoms with Crippen molar-refractivity contribution in [3.63, 3.8) is 0 Å². The lowest BCUT2D eigenvalue weighted by Gasteiger charge is -2.30. The van der Waals surface area contributed by atoms with Crippen LogP contribution >= 0.6 is 0 Å². The van der Waals surface area contributed by atoms with Crippen LogP contribution in [0.15, 0.2) is 42.1 Å². The van der Waals surface area contributed by atoms with E-state index in [1.165, 1.54) is 13.2 Å². The molecule has 1 unspecified atom stereocenters. The highest BCUT2D eigenvalue weighted by Gasteiger charge is 2.39. The number of rotatable bonds is 4. The van der Waals surface area contributed by atoms with E-state index in [-0.39, 0.29) is 6.42 Å². The quantitative estimate of drug-likeness (QED) is 0.617. The monoisotopic (exact) mass is 315 g/mol. The van der Waals surface area contributed by atoms with Crippen molar-refractivity contribution in [1.82, 2.24) is 10.3 Å². The summed E-state index contributed by atoms with van der Waals surface area (Å²) in [6.07, 6.45) is 6.25. The predicted octanol–water partition coefficient (Wildman–Crippen LogP) is -0.0724. The molecule has 0 fully saturated rings. The van der Waals surface area contributed by atoms with Gasteiger partial charge in [0, 0.05) is 18.8 Å². The normalized spacial score (nSPS) is 19.6. The van der Waals surface area contributed by atoms with E-state index in [9.17, 15) is 14.4 Å². The van der Waals surface area contributed by atoms with Crippen LogP contribution in [0.2, 0.25) is 0 Å². The van der Waals surface area contributed by atoms with Gasteiger partial charge in [0.15, 0.2) is 0 Å². The zero-order valence-electron chi connectivity index (χ0n) is 12.5. The summed E-state index contributed by atoms with van der Waals surface area (Å²) in [4.78, 5) is 38.8. The molecule has 1 aliphatic rings. The number of hydrogen-bond donors (Lipinski definition) is 4. The minimum atomic E-state index is -1.20. The third-order valence-corrected chi connectivity index (χ3v) is 3.65. The minimum Gasteiger partial charge on any atom is -0.369 e. The number of nitrogens with two attached hydrogens (primary N) is 2. The Morgan fingerprint density at radius 2 is 2.00 bits per heavy atom. The van der Waals surface area contributed by atoms with Crippen LogP contribution in [0.1, 0.15) is 12.0 Å². The SMILES string of the molecule is CNC(=O)Nc1ccc(C2(C(N)=O)C=CC=C(C(N)=O)C2)cn1. The Morgan fingerprint density at radius 3 is 2.52 bits per heavy atom. The lowest BCUT2D eigenvalue weighted by atomic mass is 9.73. The topological polar surface area (TPSA) is 140 Å². The number of amides is 4. The van der Waals surface area contributed by atoms with Crippen molar-refractivity contribution in [3.05, 3.63) is 47.7 Å². The second-order valence-electron chi connectivity index (χ2n) is 5.06. The minimum absolute atomic E-state index is 0.0675. The van der Waals surface area contributed by atoms with E-state index in [0.29, 0.717) is 17.0 Å². The van der Waals surface area contributed by atoms with Gasteiger partial charge >= 0.3 is 6.03 Å². The molecule has 1 aromatic heterocycles. The molecule has 23 heavy (non-hydrogen) atoms. The predicted molar refractivity (Wildman–Crippen MR) is 84.2 cm³/mol. The molecule has 1 atom stereocenters. The largest absolute Gasteiger partial charge is 0.369 e. The Kier molecular flexibility index (Phi) is 4.44. The van der Waals surface area contributed by atoms with Crippen LogP contribution in [-0.4, -0.2) is 29.9 Å². The van der Waals surface area contributed by atoms with E-state index in [4.69, 9.17) is 11.5 Å². The Morgan fingerprint density at radius 1 is 1.26 bits per heavy atom. The number of nitrogens with zero attached hydrogens (tertiary/aromatic N) is 1. The maximum atomic E-state index is 12.0. The fraction of sp³-hybridized carbons (Fsp3) is 0.200. The van der Waals surface area contributed by atoms with Gasteiger partial charge in [0.05, 0.1) is 5.41 Å². The fourth-order valence-electron chi connectivity index (χ4n) is 2.34. The molecule has 0 saturated carbocycles. The number of anilines is 1. The molecule has 0 aromatic carbocycles. The number of hydrogen-bond acceptors (Lipinski definition) is 4. The zero-order chi connectivity index (χ0) is 17.0. The molecule has 1 aliphatic carbocycles. The summed E-state index contributed by atoms with van der Waals surface area (Å²) in [7, 11) is 1.48. The van der Waals surface area contributed by atoms with Gasteiger partial charge in [-0.2, -0.15) is 0 Å². The molecule has 0 saturated heterocycles. The van der Waals surface area contributed by atoms with Gasteiger partial charge in [-0.3, -0.25) is 14.9 Å². The van der Waals surface area contributed by atoms with Gasteiger partial charge in [-0.25, -0.2) is 9.78 Å². The first-order valence-electron chi connectivity index (χ1n) is 6.82. The van der Waals surface area contributed by atoms with Crippen LogP contribution in [0.5, 0.6) is 0 Å². The number of carbonyl (C=O) groups excluding carboxylic acids is 3. The van der Waals surface area contributed by atoms with Crippen molar-refractivity contribution in [2.75, 3.05) is 12.4 Å². The molecule has 8 heteroatoms. The molecule has 0 radical (unpaired) electrons. The Balaban J connectivity index is 2.35. The number of aromatic nitrogens is 1. The average Bonchev–Trinajstić information content (AvgIpc) is 2.55. The highest BCUT2D eigenvalue weighted by atomic mass is 16.2. The van der Waals surface area contributed by atoms with Gasteiger partial charge in [0.2, 0.25) is 11.8 Å². The van der Waals surface area contributed by atoms with Crippen LogP contribution in [0.4, 0.5) is 10.6 Å². The number of primary amides is 2. The van der Waals surface area contributed by atoms with Crippen LogP contribution in [0.25, 0.3) is 0 Å². The zero-order valence-corrected chi connectivity index (χ0v) is 12.5. The Labute approximate surface area is 132 Å². The second kappa shape index (κ2) is 6.30. The third kappa shape index (κ3) is 3.20. The molecule has 0 aliphatic heterocycles. The highest BCUT2D eigenvalue weighted by molar-refractivity contribution is 5.97. The molecular formula is C15H17N5O3. The van der Waals surface area contributed by atoms with Gasteiger partial charge in [-0.15, -0.1) is 0 Å². The highest BCUT2D eigenvalue weighted by Crippen LogP contribution is 2.35. The average molecular weight is 315 g/mol. The number of nitrogens with one attached hydrogen (secondary N) is 2. The molecule has 4 amide bonds. The van der Waals surface area contributed by atoms with Gasteiger partial charge in [0.25, 0.3) is 0 Å². The van der Waals surface area contributed by atoms with Crippen molar-refractivity contribution < 1.29 is 14.4 Å². The standard InChI is InChI=1S/C15H17N5O3/c1-18-14(23)20-11-5-4-10(8-19-11)15(13(17)22)6-2-3-9(7-15)12(16)21/h2-6,8H,7H2,1H3,(H2,16,21)(H2,17,22)(H2,18,19,20,23). The summed E-state index contributed by atoms with van der Waals surface area (Å²) in [5.41, 5.74) is 10.5. The molecule has 1 heterocycles. The van der Waals surface area contributed by atoms with Crippen molar-refractivity contribution in [2.24, 2.45) is 11.5 Å². The van der Waals surface area contributed by atoms with E-state index in [1.54, 1.807) is 30.4 Å². The van der Waals surface area contributed by atoms with E-state index in [1.807, 2.05) is 0 Å². The smallest absolute Gasteiger partial charge is 0.320 e. The molecule has 1 aromatic rings. The number of carbonyl (C=O) groups is 3.